The van der Waals surface area contributed by atoms with Crippen LogP contribution in [0.3, 0.4) is 0 Å². The van der Waals surface area contributed by atoms with Crippen molar-refractivity contribution in [1.82, 2.24) is 5.32 Å². The van der Waals surface area contributed by atoms with Crippen molar-refractivity contribution in [3.05, 3.63) is 23.8 Å². The van der Waals surface area contributed by atoms with Crippen molar-refractivity contribution in [3.8, 4) is 23.8 Å². The summed E-state index contributed by atoms with van der Waals surface area (Å²) in [5, 5.41) is 22.0. The van der Waals surface area contributed by atoms with E-state index in [9.17, 15) is 5.11 Å². The van der Waals surface area contributed by atoms with Gasteiger partial charge >= 0.3 is 0 Å². The highest BCUT2D eigenvalue weighted by atomic mass is 16.3. The molecule has 1 rings (SSSR count). The minimum Gasteiger partial charge on any atom is -0.508 e. The number of benzene rings is 1. The first-order valence-electron chi connectivity index (χ1n) is 5.35. The molecule has 0 aromatic heterocycles. The molecule has 0 saturated heterocycles. The van der Waals surface area contributed by atoms with Crippen LogP contribution in [-0.2, 0) is 6.54 Å². The second kappa shape index (κ2) is 6.04. The summed E-state index contributed by atoms with van der Waals surface area (Å²) in [6.07, 6.45) is 6.87. The lowest BCUT2D eigenvalue weighted by Crippen LogP contribution is -2.27. The second-order valence-electron chi connectivity index (χ2n) is 3.71. The number of terminal acetylenes is 1. The normalized spacial score (nSPS) is 12.0. The smallest absolute Gasteiger partial charge is 0.123 e. The van der Waals surface area contributed by atoms with Gasteiger partial charge in [-0.25, -0.2) is 0 Å². The van der Waals surface area contributed by atoms with Crippen LogP contribution in [0.4, 0.5) is 0 Å². The Hall–Kier alpha value is -1.66. The molecule has 0 fully saturated rings. The zero-order valence-electron chi connectivity index (χ0n) is 9.40. The number of nitrogens with one attached hydrogen (secondary N) is 1. The van der Waals surface area contributed by atoms with Crippen molar-refractivity contribution in [2.75, 3.05) is 0 Å². The highest BCUT2D eigenvalue weighted by molar-refractivity contribution is 5.38. The third-order valence-electron chi connectivity index (χ3n) is 2.51. The maximum atomic E-state index is 9.57. The van der Waals surface area contributed by atoms with E-state index >= 15 is 0 Å². The Kier molecular flexibility index (Phi) is 4.68. The monoisotopic (exact) mass is 219 g/mol. The summed E-state index contributed by atoms with van der Waals surface area (Å²) in [5.41, 5.74) is 0.758. The van der Waals surface area contributed by atoms with Crippen LogP contribution in [-0.4, -0.2) is 16.3 Å². The molecule has 3 heteroatoms. The number of phenols is 2. The van der Waals surface area contributed by atoms with Gasteiger partial charge in [-0.3, -0.25) is 0 Å². The highest BCUT2D eigenvalue weighted by Gasteiger charge is 2.06. The van der Waals surface area contributed by atoms with Crippen LogP contribution < -0.4 is 5.32 Å². The van der Waals surface area contributed by atoms with Gasteiger partial charge in [0.15, 0.2) is 0 Å². The third kappa shape index (κ3) is 3.48. The van der Waals surface area contributed by atoms with Gasteiger partial charge in [0.2, 0.25) is 0 Å². The zero-order valence-corrected chi connectivity index (χ0v) is 9.40. The van der Waals surface area contributed by atoms with E-state index in [4.69, 9.17) is 11.5 Å². The standard InChI is InChI=1S/C13H17NO2/c1-3-5-11(4-2)14-9-10-6-7-12(15)8-13(10)16/h1,6-8,11,14-16H,4-5,9H2,2H3. The third-order valence-corrected chi connectivity index (χ3v) is 2.51. The molecule has 1 aromatic carbocycles. The Balaban J connectivity index is 2.57. The molecule has 0 spiro atoms. The number of rotatable bonds is 5. The molecule has 0 radical (unpaired) electrons. The van der Waals surface area contributed by atoms with Crippen LogP contribution in [0.2, 0.25) is 0 Å². The summed E-state index contributed by atoms with van der Waals surface area (Å²) >= 11 is 0. The lowest BCUT2D eigenvalue weighted by Gasteiger charge is -2.14. The number of aromatic hydroxyl groups is 2. The fraction of sp³-hybridized carbons (Fsp3) is 0.385. The minimum absolute atomic E-state index is 0.0666. The van der Waals surface area contributed by atoms with Crippen LogP contribution in [0.5, 0.6) is 11.5 Å². The molecule has 0 amide bonds. The molecule has 0 aliphatic rings. The van der Waals surface area contributed by atoms with Crippen LogP contribution >= 0.6 is 0 Å². The van der Waals surface area contributed by atoms with E-state index in [1.807, 2.05) is 0 Å². The Bertz CT molecular complexity index is 382. The van der Waals surface area contributed by atoms with Crippen molar-refractivity contribution in [2.24, 2.45) is 0 Å². The summed E-state index contributed by atoms with van der Waals surface area (Å²) < 4.78 is 0. The fourth-order valence-electron chi connectivity index (χ4n) is 1.46. The second-order valence-corrected chi connectivity index (χ2v) is 3.71. The average molecular weight is 219 g/mol. The van der Waals surface area contributed by atoms with E-state index in [1.54, 1.807) is 12.1 Å². The van der Waals surface area contributed by atoms with Crippen LogP contribution in [0.15, 0.2) is 18.2 Å². The molecule has 16 heavy (non-hydrogen) atoms. The van der Waals surface area contributed by atoms with Crippen molar-refractivity contribution in [3.63, 3.8) is 0 Å². The lowest BCUT2D eigenvalue weighted by atomic mass is 10.1. The van der Waals surface area contributed by atoms with Crippen LogP contribution in [0, 0.1) is 12.3 Å². The van der Waals surface area contributed by atoms with Crippen LogP contribution in [0.25, 0.3) is 0 Å². The Morgan fingerprint density at radius 3 is 2.75 bits per heavy atom. The molecule has 1 aromatic rings. The predicted molar refractivity (Wildman–Crippen MR) is 64.1 cm³/mol. The summed E-state index contributed by atoms with van der Waals surface area (Å²) in [6, 6.07) is 4.84. The van der Waals surface area contributed by atoms with Gasteiger partial charge in [0.25, 0.3) is 0 Å². The van der Waals surface area contributed by atoms with E-state index in [-0.39, 0.29) is 17.5 Å². The molecule has 86 valence electrons. The number of phenolic OH excluding ortho intramolecular Hbond substituents is 2. The molecule has 1 atom stereocenters. The molecule has 0 aliphatic heterocycles. The summed E-state index contributed by atoms with van der Waals surface area (Å²) in [6.45, 7) is 2.61. The SMILES string of the molecule is C#CCC(CC)NCc1ccc(O)cc1O. The summed E-state index contributed by atoms with van der Waals surface area (Å²) in [5.74, 6) is 2.78. The number of hydrogen-bond donors (Lipinski definition) is 3. The molecule has 0 saturated carbocycles. The molecular weight excluding hydrogens is 202 g/mol. The van der Waals surface area contributed by atoms with Crippen molar-refractivity contribution in [2.45, 2.75) is 32.4 Å². The first kappa shape index (κ1) is 12.4. The molecule has 0 heterocycles. The summed E-state index contributed by atoms with van der Waals surface area (Å²) in [4.78, 5) is 0. The molecule has 1 unspecified atom stereocenters. The molecule has 3 N–H and O–H groups in total. The first-order chi connectivity index (χ1) is 7.67. The van der Waals surface area contributed by atoms with Crippen molar-refractivity contribution < 1.29 is 10.2 Å². The average Bonchev–Trinajstić information content (AvgIpc) is 2.26. The first-order valence-corrected chi connectivity index (χ1v) is 5.35. The van der Waals surface area contributed by atoms with Gasteiger partial charge < -0.3 is 15.5 Å². The van der Waals surface area contributed by atoms with Crippen LogP contribution in [0.1, 0.15) is 25.3 Å². The zero-order chi connectivity index (χ0) is 12.0. The van der Waals surface area contributed by atoms with Crippen molar-refractivity contribution >= 4 is 0 Å². The van der Waals surface area contributed by atoms with Gasteiger partial charge in [0.1, 0.15) is 11.5 Å². The number of hydrogen-bond acceptors (Lipinski definition) is 3. The molecule has 3 nitrogen and oxygen atoms in total. The maximum Gasteiger partial charge on any atom is 0.123 e. The highest BCUT2D eigenvalue weighted by Crippen LogP contribution is 2.22. The van der Waals surface area contributed by atoms with Gasteiger partial charge in [-0.15, -0.1) is 12.3 Å². The van der Waals surface area contributed by atoms with E-state index in [2.05, 4.69) is 18.2 Å². The van der Waals surface area contributed by atoms with Gasteiger partial charge in [-0.1, -0.05) is 13.0 Å². The Morgan fingerprint density at radius 1 is 1.44 bits per heavy atom. The molecular formula is C13H17NO2. The van der Waals surface area contributed by atoms with Crippen molar-refractivity contribution in [1.29, 1.82) is 0 Å². The topological polar surface area (TPSA) is 52.5 Å². The molecule has 0 aliphatic carbocycles. The fourth-order valence-corrected chi connectivity index (χ4v) is 1.46. The summed E-state index contributed by atoms with van der Waals surface area (Å²) in [7, 11) is 0. The van der Waals surface area contributed by atoms with E-state index in [0.717, 1.165) is 12.0 Å². The van der Waals surface area contributed by atoms with E-state index in [0.29, 0.717) is 13.0 Å². The van der Waals surface area contributed by atoms with Gasteiger partial charge in [0.05, 0.1) is 0 Å². The van der Waals surface area contributed by atoms with Gasteiger partial charge in [-0.2, -0.15) is 0 Å². The van der Waals surface area contributed by atoms with E-state index < -0.39 is 0 Å². The Morgan fingerprint density at radius 2 is 2.19 bits per heavy atom. The maximum absolute atomic E-state index is 9.57. The largest absolute Gasteiger partial charge is 0.508 e. The minimum atomic E-state index is 0.0666. The Labute approximate surface area is 96.1 Å². The quantitative estimate of drug-likeness (QED) is 0.664. The predicted octanol–water partition coefficient (Wildman–Crippen LogP) is 1.99. The van der Waals surface area contributed by atoms with Gasteiger partial charge in [-0.05, 0) is 12.5 Å². The molecule has 0 bridgehead atoms. The van der Waals surface area contributed by atoms with E-state index in [1.165, 1.54) is 6.07 Å². The van der Waals surface area contributed by atoms with Gasteiger partial charge in [0, 0.05) is 30.6 Å². The lowest BCUT2D eigenvalue weighted by molar-refractivity contribution is 0.438.